The minimum atomic E-state index is -0.0150. The van der Waals surface area contributed by atoms with Gasteiger partial charge in [0, 0.05) is 6.42 Å². The molecule has 1 aliphatic heterocycles. The molecule has 0 spiro atoms. The Hall–Kier alpha value is -2.67. The summed E-state index contributed by atoms with van der Waals surface area (Å²) < 4.78 is 18.7. The quantitative estimate of drug-likeness (QED) is 0.710. The number of methoxy groups -OCH3 is 1. The van der Waals surface area contributed by atoms with Crippen molar-refractivity contribution in [1.29, 1.82) is 0 Å². The summed E-state index contributed by atoms with van der Waals surface area (Å²) >= 11 is 0. The van der Waals surface area contributed by atoms with E-state index < -0.39 is 0 Å². The van der Waals surface area contributed by atoms with Crippen molar-refractivity contribution in [3.63, 3.8) is 0 Å². The number of hydrogen-bond donors (Lipinski definition) is 0. The van der Waals surface area contributed by atoms with Gasteiger partial charge in [-0.3, -0.25) is 0 Å². The number of fused-ring (bicyclic) bond motifs is 1. The zero-order valence-electron chi connectivity index (χ0n) is 14.3. The fourth-order valence-corrected chi connectivity index (χ4v) is 3.00. The minimum absolute atomic E-state index is 0.0150. The fourth-order valence-electron chi connectivity index (χ4n) is 3.00. The molecule has 1 aromatic carbocycles. The second kappa shape index (κ2) is 6.68. The first-order chi connectivity index (χ1) is 12.3. The Kier molecular flexibility index (Phi) is 4.23. The molecule has 1 aliphatic rings. The zero-order chi connectivity index (χ0) is 17.2. The van der Waals surface area contributed by atoms with Crippen LogP contribution in [0.4, 0.5) is 0 Å². The molecule has 0 saturated carbocycles. The first kappa shape index (κ1) is 15.8. The number of aromatic nitrogens is 4. The van der Waals surface area contributed by atoms with Gasteiger partial charge in [0.1, 0.15) is 11.9 Å². The van der Waals surface area contributed by atoms with Gasteiger partial charge in [0.05, 0.1) is 32.3 Å². The Morgan fingerprint density at radius 2 is 2.12 bits per heavy atom. The largest absolute Gasteiger partial charge is 0.497 e. The molecule has 0 bridgehead atoms. The Bertz CT molecular complexity index is 854. The standard InChI is InChI=1S/C18H20N4O3/c1-3-4-16-20-18(25-21-16)17-14-10-24-15(9-22(14)11-19-17)12-5-7-13(23-2)8-6-12/h5-8,11,15H,3-4,9-10H2,1-2H3/t15-/m0/s1. The maximum absolute atomic E-state index is 6.05. The van der Waals surface area contributed by atoms with Crippen LogP contribution in [0.3, 0.4) is 0 Å². The van der Waals surface area contributed by atoms with Crippen LogP contribution in [-0.4, -0.2) is 26.8 Å². The molecule has 2 aromatic heterocycles. The first-order valence-electron chi connectivity index (χ1n) is 8.41. The summed E-state index contributed by atoms with van der Waals surface area (Å²) in [7, 11) is 1.66. The van der Waals surface area contributed by atoms with Crippen LogP contribution in [0.1, 0.15) is 36.5 Å². The molecule has 130 valence electrons. The molecule has 3 aromatic rings. The summed E-state index contributed by atoms with van der Waals surface area (Å²) in [6, 6.07) is 7.95. The van der Waals surface area contributed by atoms with Crippen molar-refractivity contribution in [1.82, 2.24) is 19.7 Å². The van der Waals surface area contributed by atoms with E-state index in [1.54, 1.807) is 7.11 Å². The Morgan fingerprint density at radius 1 is 1.28 bits per heavy atom. The smallest absolute Gasteiger partial charge is 0.278 e. The van der Waals surface area contributed by atoms with Gasteiger partial charge in [-0.15, -0.1) is 0 Å². The predicted molar refractivity (Wildman–Crippen MR) is 90.0 cm³/mol. The van der Waals surface area contributed by atoms with Gasteiger partial charge in [-0.05, 0) is 24.1 Å². The van der Waals surface area contributed by atoms with Gasteiger partial charge in [0.2, 0.25) is 0 Å². The highest BCUT2D eigenvalue weighted by Gasteiger charge is 2.26. The third-order valence-corrected chi connectivity index (χ3v) is 4.36. The van der Waals surface area contributed by atoms with E-state index in [1.165, 1.54) is 0 Å². The van der Waals surface area contributed by atoms with Crippen molar-refractivity contribution < 1.29 is 14.0 Å². The van der Waals surface area contributed by atoms with Gasteiger partial charge in [-0.25, -0.2) is 4.98 Å². The molecular weight excluding hydrogens is 320 g/mol. The number of nitrogens with zero attached hydrogens (tertiary/aromatic N) is 4. The molecule has 0 N–H and O–H groups in total. The van der Waals surface area contributed by atoms with E-state index in [4.69, 9.17) is 14.0 Å². The number of imidazole rings is 1. The molecule has 25 heavy (non-hydrogen) atoms. The lowest BCUT2D eigenvalue weighted by atomic mass is 10.1. The molecule has 0 radical (unpaired) electrons. The number of hydrogen-bond acceptors (Lipinski definition) is 6. The van der Waals surface area contributed by atoms with Gasteiger partial charge < -0.3 is 18.6 Å². The molecule has 0 saturated heterocycles. The molecule has 0 fully saturated rings. The van der Waals surface area contributed by atoms with Gasteiger partial charge in [0.15, 0.2) is 11.5 Å². The number of aryl methyl sites for hydroxylation is 1. The average Bonchev–Trinajstić information content (AvgIpc) is 3.28. The highest BCUT2D eigenvalue weighted by atomic mass is 16.5. The molecule has 0 amide bonds. The zero-order valence-corrected chi connectivity index (χ0v) is 14.3. The Balaban J connectivity index is 1.55. The van der Waals surface area contributed by atoms with E-state index in [0.717, 1.165) is 29.8 Å². The van der Waals surface area contributed by atoms with E-state index in [0.29, 0.717) is 30.6 Å². The monoisotopic (exact) mass is 340 g/mol. The molecule has 4 rings (SSSR count). The SMILES string of the molecule is CCCc1noc(-c2ncn3c2CO[C@H](c2ccc(OC)cc2)C3)n1. The van der Waals surface area contributed by atoms with Crippen LogP contribution in [0.5, 0.6) is 5.75 Å². The third-order valence-electron chi connectivity index (χ3n) is 4.36. The van der Waals surface area contributed by atoms with Crippen LogP contribution in [0.2, 0.25) is 0 Å². The number of rotatable bonds is 5. The van der Waals surface area contributed by atoms with E-state index in [9.17, 15) is 0 Å². The molecule has 1 atom stereocenters. The van der Waals surface area contributed by atoms with E-state index in [2.05, 4.69) is 26.6 Å². The van der Waals surface area contributed by atoms with Crippen molar-refractivity contribution in [3.05, 3.63) is 47.7 Å². The summed E-state index contributed by atoms with van der Waals surface area (Å²) in [6.07, 6.45) is 3.58. The molecular formula is C18H20N4O3. The van der Waals surface area contributed by atoms with Crippen molar-refractivity contribution in [2.75, 3.05) is 7.11 Å². The van der Waals surface area contributed by atoms with Crippen LogP contribution in [-0.2, 0) is 24.3 Å². The van der Waals surface area contributed by atoms with Crippen LogP contribution in [0, 0.1) is 0 Å². The van der Waals surface area contributed by atoms with Gasteiger partial charge in [0.25, 0.3) is 5.89 Å². The molecule has 3 heterocycles. The summed E-state index contributed by atoms with van der Waals surface area (Å²) in [5, 5.41) is 4.00. The van der Waals surface area contributed by atoms with Crippen molar-refractivity contribution >= 4 is 0 Å². The lowest BCUT2D eigenvalue weighted by Gasteiger charge is -2.25. The third kappa shape index (κ3) is 3.02. The van der Waals surface area contributed by atoms with Gasteiger partial charge in [-0.1, -0.05) is 24.2 Å². The first-order valence-corrected chi connectivity index (χ1v) is 8.41. The maximum Gasteiger partial charge on any atom is 0.278 e. The lowest BCUT2D eigenvalue weighted by Crippen LogP contribution is -2.20. The molecule has 7 nitrogen and oxygen atoms in total. The fraction of sp³-hybridized carbons (Fsp3) is 0.389. The molecule has 0 unspecified atom stereocenters. The number of benzene rings is 1. The summed E-state index contributed by atoms with van der Waals surface area (Å²) in [5.74, 6) is 2.01. The van der Waals surface area contributed by atoms with E-state index in [-0.39, 0.29) is 6.10 Å². The van der Waals surface area contributed by atoms with Crippen molar-refractivity contribution in [2.45, 2.75) is 39.0 Å². The Labute approximate surface area is 145 Å². The van der Waals surface area contributed by atoms with Crippen LogP contribution < -0.4 is 4.74 Å². The maximum atomic E-state index is 6.05. The topological polar surface area (TPSA) is 75.2 Å². The molecule has 0 aliphatic carbocycles. The van der Waals surface area contributed by atoms with Crippen molar-refractivity contribution in [2.24, 2.45) is 0 Å². The Morgan fingerprint density at radius 3 is 2.88 bits per heavy atom. The summed E-state index contributed by atoms with van der Waals surface area (Å²) in [6.45, 7) is 3.24. The highest BCUT2D eigenvalue weighted by molar-refractivity contribution is 5.51. The number of ether oxygens (including phenoxy) is 2. The van der Waals surface area contributed by atoms with E-state index >= 15 is 0 Å². The highest BCUT2D eigenvalue weighted by Crippen LogP contribution is 2.31. The summed E-state index contributed by atoms with van der Waals surface area (Å²) in [5.41, 5.74) is 2.80. The normalized spacial score (nSPS) is 16.6. The minimum Gasteiger partial charge on any atom is -0.497 e. The second-order valence-electron chi connectivity index (χ2n) is 6.03. The molecule has 7 heteroatoms. The van der Waals surface area contributed by atoms with Crippen molar-refractivity contribution in [3.8, 4) is 17.3 Å². The average molecular weight is 340 g/mol. The van der Waals surface area contributed by atoms with Crippen LogP contribution in [0.15, 0.2) is 35.1 Å². The predicted octanol–water partition coefficient (Wildman–Crippen LogP) is 3.17. The van der Waals surface area contributed by atoms with Gasteiger partial charge >= 0.3 is 0 Å². The lowest BCUT2D eigenvalue weighted by molar-refractivity contribution is 0.00328. The van der Waals surface area contributed by atoms with E-state index in [1.807, 2.05) is 30.6 Å². The van der Waals surface area contributed by atoms with Gasteiger partial charge in [-0.2, -0.15) is 4.98 Å². The second-order valence-corrected chi connectivity index (χ2v) is 6.03. The van der Waals surface area contributed by atoms with Crippen LogP contribution in [0.25, 0.3) is 11.6 Å². The summed E-state index contributed by atoms with van der Waals surface area (Å²) in [4.78, 5) is 8.89. The van der Waals surface area contributed by atoms with Crippen LogP contribution >= 0.6 is 0 Å².